The molecule has 1 atom stereocenters. The highest BCUT2D eigenvalue weighted by Gasteiger charge is 2.55. The molecule has 2 heterocycles. The van der Waals surface area contributed by atoms with Crippen LogP contribution in [0, 0.1) is 0 Å². The molecule has 0 unspecified atom stereocenters. The summed E-state index contributed by atoms with van der Waals surface area (Å²) in [6.07, 6.45) is 3.39. The summed E-state index contributed by atoms with van der Waals surface area (Å²) in [5.41, 5.74) is -0.398. The first-order valence-electron chi connectivity index (χ1n) is 5.75. The van der Waals surface area contributed by atoms with Gasteiger partial charge >= 0.3 is 0 Å². The molecule has 0 radical (unpaired) electrons. The van der Waals surface area contributed by atoms with Gasteiger partial charge in [-0.2, -0.15) is 0 Å². The fourth-order valence-corrected chi connectivity index (χ4v) is 2.56. The Hall–Kier alpha value is -0.160. The van der Waals surface area contributed by atoms with Gasteiger partial charge in [0.05, 0.1) is 13.2 Å². The first-order chi connectivity index (χ1) is 7.22. The molecule has 2 fully saturated rings. The van der Waals surface area contributed by atoms with Crippen molar-refractivity contribution in [2.45, 2.75) is 44.0 Å². The number of aliphatic hydroxyl groups is 1. The van der Waals surface area contributed by atoms with Crippen LogP contribution in [0.4, 0.5) is 0 Å². The van der Waals surface area contributed by atoms with Crippen molar-refractivity contribution >= 4 is 0 Å². The van der Waals surface area contributed by atoms with Gasteiger partial charge < -0.3 is 19.3 Å². The van der Waals surface area contributed by atoms with Crippen molar-refractivity contribution in [1.29, 1.82) is 0 Å². The molecular weight excluding hydrogens is 196 g/mol. The Morgan fingerprint density at radius 1 is 1.13 bits per heavy atom. The van der Waals surface area contributed by atoms with E-state index >= 15 is 0 Å². The highest BCUT2D eigenvalue weighted by atomic mass is 16.8. The third-order valence-electron chi connectivity index (χ3n) is 3.44. The van der Waals surface area contributed by atoms with Crippen LogP contribution >= 0.6 is 0 Å². The van der Waals surface area contributed by atoms with Gasteiger partial charge in [-0.1, -0.05) is 0 Å². The number of rotatable bonds is 3. The Kier molecular flexibility index (Phi) is 3.30. The molecule has 15 heavy (non-hydrogen) atoms. The second-order valence-corrected chi connectivity index (χ2v) is 4.46. The van der Waals surface area contributed by atoms with E-state index in [1.165, 1.54) is 0 Å². The standard InChI is InChI=1S/C11H20O4/c1-10(4-2-6-12)11(5-3-7-13-10)14-8-9-15-11/h12H,2-9H2,1H3/t10-/m0/s1. The molecule has 0 amide bonds. The van der Waals surface area contributed by atoms with E-state index in [4.69, 9.17) is 19.3 Å². The molecule has 0 aromatic rings. The molecular formula is C11H20O4. The van der Waals surface area contributed by atoms with Crippen LogP contribution in [0.2, 0.25) is 0 Å². The summed E-state index contributed by atoms with van der Waals surface area (Å²) in [7, 11) is 0. The fraction of sp³-hybridized carbons (Fsp3) is 1.00. The summed E-state index contributed by atoms with van der Waals surface area (Å²) in [6, 6.07) is 0. The van der Waals surface area contributed by atoms with Crippen LogP contribution in [0.5, 0.6) is 0 Å². The second kappa shape index (κ2) is 4.37. The van der Waals surface area contributed by atoms with E-state index in [9.17, 15) is 0 Å². The van der Waals surface area contributed by atoms with Crippen LogP contribution in [0.3, 0.4) is 0 Å². The number of hydrogen-bond donors (Lipinski definition) is 1. The summed E-state index contributed by atoms with van der Waals surface area (Å²) in [5, 5.41) is 8.91. The molecule has 2 rings (SSSR count). The second-order valence-electron chi connectivity index (χ2n) is 4.46. The normalized spacial score (nSPS) is 34.8. The maximum Gasteiger partial charge on any atom is 0.197 e. The molecule has 1 spiro atoms. The average molecular weight is 216 g/mol. The predicted octanol–water partition coefficient (Wildman–Crippen LogP) is 1.07. The fourth-order valence-electron chi connectivity index (χ4n) is 2.56. The molecule has 2 aliphatic rings. The van der Waals surface area contributed by atoms with Crippen LogP contribution in [0.15, 0.2) is 0 Å². The van der Waals surface area contributed by atoms with Crippen molar-refractivity contribution in [2.75, 3.05) is 26.4 Å². The van der Waals surface area contributed by atoms with Crippen LogP contribution in [0.25, 0.3) is 0 Å². The van der Waals surface area contributed by atoms with Crippen molar-refractivity contribution < 1.29 is 19.3 Å². The van der Waals surface area contributed by atoms with Crippen LogP contribution in [0.1, 0.15) is 32.6 Å². The maximum atomic E-state index is 8.91. The Labute approximate surface area is 90.5 Å². The van der Waals surface area contributed by atoms with Crippen molar-refractivity contribution in [3.8, 4) is 0 Å². The Morgan fingerprint density at radius 2 is 1.87 bits per heavy atom. The van der Waals surface area contributed by atoms with E-state index in [0.717, 1.165) is 32.3 Å². The lowest BCUT2D eigenvalue weighted by Gasteiger charge is -2.47. The van der Waals surface area contributed by atoms with Crippen molar-refractivity contribution in [2.24, 2.45) is 0 Å². The van der Waals surface area contributed by atoms with Gasteiger partial charge in [0.25, 0.3) is 0 Å². The van der Waals surface area contributed by atoms with Gasteiger partial charge in [0.1, 0.15) is 5.60 Å². The molecule has 0 bridgehead atoms. The monoisotopic (exact) mass is 216 g/mol. The maximum absolute atomic E-state index is 8.91. The smallest absolute Gasteiger partial charge is 0.197 e. The van der Waals surface area contributed by atoms with Gasteiger partial charge in [0, 0.05) is 19.6 Å². The summed E-state index contributed by atoms with van der Waals surface area (Å²) in [4.78, 5) is 0. The molecule has 2 saturated heterocycles. The first-order valence-corrected chi connectivity index (χ1v) is 5.75. The Balaban J connectivity index is 2.10. The SMILES string of the molecule is C[C@@]1(CCCO)OCCCC12OCCO2. The molecule has 1 N–H and O–H groups in total. The van der Waals surface area contributed by atoms with E-state index in [1.54, 1.807) is 0 Å². The highest BCUT2D eigenvalue weighted by Crippen LogP contribution is 2.44. The minimum atomic E-state index is -0.555. The van der Waals surface area contributed by atoms with Crippen LogP contribution in [-0.4, -0.2) is 42.9 Å². The van der Waals surface area contributed by atoms with Crippen molar-refractivity contribution in [3.63, 3.8) is 0 Å². The van der Waals surface area contributed by atoms with Gasteiger partial charge in [0.2, 0.25) is 0 Å². The number of ether oxygens (including phenoxy) is 3. The van der Waals surface area contributed by atoms with E-state index in [1.807, 2.05) is 6.92 Å². The Bertz CT molecular complexity index is 213. The summed E-state index contributed by atoms with van der Waals surface area (Å²) in [6.45, 7) is 4.29. The predicted molar refractivity (Wildman–Crippen MR) is 54.5 cm³/mol. The molecule has 0 aliphatic carbocycles. The van der Waals surface area contributed by atoms with Gasteiger partial charge in [-0.05, 0) is 26.2 Å². The Morgan fingerprint density at radius 3 is 2.53 bits per heavy atom. The summed E-state index contributed by atoms with van der Waals surface area (Å²) < 4.78 is 17.4. The number of aliphatic hydroxyl groups excluding tert-OH is 1. The molecule has 4 heteroatoms. The largest absolute Gasteiger partial charge is 0.396 e. The van der Waals surface area contributed by atoms with Gasteiger partial charge in [-0.3, -0.25) is 0 Å². The first kappa shape index (κ1) is 11.3. The minimum Gasteiger partial charge on any atom is -0.396 e. The quantitative estimate of drug-likeness (QED) is 0.766. The van der Waals surface area contributed by atoms with Gasteiger partial charge in [-0.25, -0.2) is 0 Å². The van der Waals surface area contributed by atoms with E-state index in [2.05, 4.69) is 0 Å². The lowest BCUT2D eigenvalue weighted by atomic mass is 9.84. The van der Waals surface area contributed by atoms with Crippen molar-refractivity contribution in [1.82, 2.24) is 0 Å². The van der Waals surface area contributed by atoms with E-state index < -0.39 is 11.4 Å². The van der Waals surface area contributed by atoms with E-state index in [-0.39, 0.29) is 6.61 Å². The van der Waals surface area contributed by atoms with Crippen LogP contribution < -0.4 is 0 Å². The molecule has 0 aromatic heterocycles. The zero-order valence-corrected chi connectivity index (χ0v) is 9.33. The third kappa shape index (κ3) is 1.91. The van der Waals surface area contributed by atoms with Gasteiger partial charge in [0.15, 0.2) is 5.79 Å². The summed E-state index contributed by atoms with van der Waals surface area (Å²) in [5.74, 6) is -0.555. The highest BCUT2D eigenvalue weighted by molar-refractivity contribution is 4.97. The van der Waals surface area contributed by atoms with E-state index in [0.29, 0.717) is 13.2 Å². The zero-order valence-electron chi connectivity index (χ0n) is 9.33. The average Bonchev–Trinajstić information content (AvgIpc) is 2.71. The summed E-state index contributed by atoms with van der Waals surface area (Å²) >= 11 is 0. The van der Waals surface area contributed by atoms with Gasteiger partial charge in [-0.15, -0.1) is 0 Å². The molecule has 0 saturated carbocycles. The third-order valence-corrected chi connectivity index (χ3v) is 3.44. The minimum absolute atomic E-state index is 0.190. The molecule has 88 valence electrons. The molecule has 4 nitrogen and oxygen atoms in total. The zero-order chi connectivity index (χ0) is 10.8. The molecule has 0 aromatic carbocycles. The molecule has 2 aliphatic heterocycles. The number of hydrogen-bond acceptors (Lipinski definition) is 4. The van der Waals surface area contributed by atoms with Crippen LogP contribution in [-0.2, 0) is 14.2 Å². The topological polar surface area (TPSA) is 47.9 Å². The lowest BCUT2D eigenvalue weighted by molar-refractivity contribution is -0.305. The lowest BCUT2D eigenvalue weighted by Crippen LogP contribution is -2.57. The van der Waals surface area contributed by atoms with Crippen molar-refractivity contribution in [3.05, 3.63) is 0 Å².